The Labute approximate surface area is 75.3 Å². The Kier molecular flexibility index (Phi) is 3.82. The first kappa shape index (κ1) is 11.8. The number of rotatable bonds is 3. The van der Waals surface area contributed by atoms with E-state index in [2.05, 4.69) is 5.73 Å². The maximum Gasteiger partial charge on any atom is 0.333 e. The fourth-order valence-electron chi connectivity index (χ4n) is 0.524. The van der Waals surface area contributed by atoms with Crippen molar-refractivity contribution < 1.29 is 18.4 Å². The molecule has 0 aliphatic rings. The molecule has 0 fully saturated rings. The minimum absolute atomic E-state index is 0.00120. The van der Waals surface area contributed by atoms with E-state index in [-0.39, 0.29) is 5.92 Å². The highest BCUT2D eigenvalue weighted by molar-refractivity contribution is 8.06. The maximum atomic E-state index is 10.9. The van der Waals surface area contributed by atoms with E-state index >= 15 is 0 Å². The number of amidine groups is 1. The van der Waals surface area contributed by atoms with Gasteiger partial charge in [0.2, 0.25) is 9.84 Å². The van der Waals surface area contributed by atoms with Crippen molar-refractivity contribution in [1.82, 2.24) is 5.48 Å². The minimum atomic E-state index is -4.04. The van der Waals surface area contributed by atoms with Crippen LogP contribution in [-0.2, 0) is 9.84 Å². The van der Waals surface area contributed by atoms with E-state index in [0.29, 0.717) is 0 Å². The van der Waals surface area contributed by atoms with Gasteiger partial charge in [-0.3, -0.25) is 20.9 Å². The zero-order chi connectivity index (χ0) is 10.6. The van der Waals surface area contributed by atoms with Crippen LogP contribution in [0.5, 0.6) is 0 Å². The molecular formula is C5H10N3O4S. The Hall–Kier alpha value is -1.15. The van der Waals surface area contributed by atoms with Crippen molar-refractivity contribution in [3.63, 3.8) is 0 Å². The summed E-state index contributed by atoms with van der Waals surface area (Å²) in [4.78, 5) is 10.3. The quantitative estimate of drug-likeness (QED) is 0.269. The van der Waals surface area contributed by atoms with Crippen LogP contribution >= 0.6 is 0 Å². The lowest BCUT2D eigenvalue weighted by Crippen LogP contribution is -2.33. The summed E-state index contributed by atoms with van der Waals surface area (Å²) in [6.45, 7) is 1.28. The predicted molar refractivity (Wildman–Crippen MR) is 44.9 cm³/mol. The predicted octanol–water partition coefficient (Wildman–Crippen LogP) is -0.970. The third-order valence-corrected chi connectivity index (χ3v) is 2.68. The molecule has 0 bridgehead atoms. The molecule has 0 heterocycles. The number of nitrogens with two attached hydrogens (primary N) is 1. The molecule has 0 spiro atoms. The molecule has 0 rings (SSSR count). The van der Waals surface area contributed by atoms with Crippen LogP contribution in [0.15, 0.2) is 0 Å². The number of hydrogen-bond acceptors (Lipinski definition) is 5. The molecule has 0 saturated carbocycles. The van der Waals surface area contributed by atoms with Gasteiger partial charge in [-0.2, -0.15) is 0 Å². The first-order valence-corrected chi connectivity index (χ1v) is 4.80. The number of hydrogen-bond donors (Lipinski definition) is 4. The van der Waals surface area contributed by atoms with Crippen LogP contribution in [0.1, 0.15) is 6.92 Å². The zero-order valence-corrected chi connectivity index (χ0v) is 7.68. The summed E-state index contributed by atoms with van der Waals surface area (Å²) in [5, 5.41) is 13.7. The normalized spacial score (nSPS) is 11.3. The molecule has 0 aromatic carbocycles. The van der Waals surface area contributed by atoms with Gasteiger partial charge in [0.05, 0.1) is 11.7 Å². The van der Waals surface area contributed by atoms with E-state index in [9.17, 15) is 13.2 Å². The lowest BCUT2D eigenvalue weighted by molar-refractivity contribution is 0.232. The van der Waals surface area contributed by atoms with Gasteiger partial charge in [-0.1, -0.05) is 6.92 Å². The minimum Gasteiger partial charge on any atom is -0.356 e. The second-order valence-corrected chi connectivity index (χ2v) is 4.27. The molecule has 0 aromatic heterocycles. The van der Waals surface area contributed by atoms with Gasteiger partial charge in [0.25, 0.3) is 0 Å². The summed E-state index contributed by atoms with van der Waals surface area (Å²) in [5.74, 6) is -1.14. The smallest absolute Gasteiger partial charge is 0.333 e. The molecule has 0 aromatic rings. The molecular weight excluding hydrogens is 198 g/mol. The molecule has 5 N–H and O–H groups in total. The third kappa shape index (κ3) is 3.38. The van der Waals surface area contributed by atoms with Crippen LogP contribution in [-0.4, -0.2) is 30.5 Å². The first-order valence-electron chi connectivity index (χ1n) is 3.15. The van der Waals surface area contributed by atoms with Crippen molar-refractivity contribution in [3.05, 3.63) is 5.92 Å². The molecule has 7 nitrogen and oxygen atoms in total. The van der Waals surface area contributed by atoms with Crippen LogP contribution in [0, 0.1) is 11.3 Å². The van der Waals surface area contributed by atoms with Gasteiger partial charge in [0.1, 0.15) is 5.84 Å². The Bertz CT molecular complexity index is 310. The SMILES string of the molecule is C[C](CS(=O)(=O)C(N)=O)C(=N)NO. The molecule has 0 aliphatic carbocycles. The summed E-state index contributed by atoms with van der Waals surface area (Å²) >= 11 is 0. The summed E-state index contributed by atoms with van der Waals surface area (Å²) in [6, 6.07) is 0. The van der Waals surface area contributed by atoms with Crippen LogP contribution in [0.2, 0.25) is 0 Å². The van der Waals surface area contributed by atoms with Gasteiger partial charge in [0, 0.05) is 0 Å². The molecule has 8 heteroatoms. The van der Waals surface area contributed by atoms with Crippen molar-refractivity contribution in [3.8, 4) is 0 Å². The highest BCUT2D eigenvalue weighted by atomic mass is 32.2. The number of carbonyl (C=O) groups is 1. The molecule has 0 saturated heterocycles. The van der Waals surface area contributed by atoms with Gasteiger partial charge < -0.3 is 5.73 Å². The second-order valence-electron chi connectivity index (χ2n) is 2.35. The fourth-order valence-corrected chi connectivity index (χ4v) is 1.38. The summed E-state index contributed by atoms with van der Waals surface area (Å²) in [6.07, 6.45) is 0. The van der Waals surface area contributed by atoms with Crippen molar-refractivity contribution in [1.29, 1.82) is 5.41 Å². The number of sulfone groups is 1. The van der Waals surface area contributed by atoms with Gasteiger partial charge in [-0.15, -0.1) is 0 Å². The maximum absolute atomic E-state index is 10.9. The van der Waals surface area contributed by atoms with Crippen molar-refractivity contribution in [2.45, 2.75) is 6.92 Å². The first-order chi connectivity index (χ1) is 5.81. The molecule has 1 radical (unpaired) electrons. The van der Waals surface area contributed by atoms with Crippen LogP contribution in [0.25, 0.3) is 0 Å². The van der Waals surface area contributed by atoms with Gasteiger partial charge in [0.15, 0.2) is 0 Å². The highest BCUT2D eigenvalue weighted by Gasteiger charge is 2.24. The molecule has 0 unspecified atom stereocenters. The standard InChI is InChI=1S/C5H10N3O4S/c1-3(4(6)8-10)2-13(11,12)5(7)9/h10H,2H2,1H3,(H2,6,8)(H2,7,9). The molecule has 1 amide bonds. The molecule has 0 aliphatic heterocycles. The number of carbonyl (C=O) groups excluding carboxylic acids is 1. The van der Waals surface area contributed by atoms with Crippen molar-refractivity contribution in [2.24, 2.45) is 5.73 Å². The average Bonchev–Trinajstić information content (AvgIpc) is 2.01. The lowest BCUT2D eigenvalue weighted by Gasteiger charge is -2.08. The topological polar surface area (TPSA) is 133 Å². The third-order valence-electron chi connectivity index (χ3n) is 1.25. The van der Waals surface area contributed by atoms with Gasteiger partial charge in [-0.05, 0) is 0 Å². The summed E-state index contributed by atoms with van der Waals surface area (Å²) in [5.41, 5.74) is 6.02. The molecule has 13 heavy (non-hydrogen) atoms. The Morgan fingerprint density at radius 1 is 1.62 bits per heavy atom. The Balaban J connectivity index is 4.47. The van der Waals surface area contributed by atoms with Crippen LogP contribution < -0.4 is 11.2 Å². The monoisotopic (exact) mass is 208 g/mol. The Morgan fingerprint density at radius 2 is 2.08 bits per heavy atom. The highest BCUT2D eigenvalue weighted by Crippen LogP contribution is 2.04. The Morgan fingerprint density at radius 3 is 2.38 bits per heavy atom. The molecule has 75 valence electrons. The van der Waals surface area contributed by atoms with E-state index in [0.717, 1.165) is 0 Å². The van der Waals surface area contributed by atoms with Crippen LogP contribution in [0.4, 0.5) is 4.79 Å². The fraction of sp³-hybridized carbons (Fsp3) is 0.400. The lowest BCUT2D eigenvalue weighted by atomic mass is 10.2. The van der Waals surface area contributed by atoms with E-state index in [1.807, 2.05) is 0 Å². The number of hydroxylamine groups is 1. The van der Waals surface area contributed by atoms with Gasteiger partial charge in [-0.25, -0.2) is 8.42 Å². The molecule has 0 atom stereocenters. The van der Waals surface area contributed by atoms with E-state index in [1.165, 1.54) is 12.4 Å². The summed E-state index contributed by atoms with van der Waals surface area (Å²) < 4.78 is 21.7. The number of amides is 1. The average molecular weight is 208 g/mol. The second kappa shape index (κ2) is 4.19. The number of nitrogens with one attached hydrogen (secondary N) is 2. The van der Waals surface area contributed by atoms with E-state index < -0.39 is 26.7 Å². The number of primary amides is 1. The summed E-state index contributed by atoms with van der Waals surface area (Å²) in [7, 11) is -4.04. The van der Waals surface area contributed by atoms with Crippen molar-refractivity contribution >= 4 is 20.9 Å². The largest absolute Gasteiger partial charge is 0.356 e. The van der Waals surface area contributed by atoms with E-state index in [4.69, 9.17) is 10.6 Å². The zero-order valence-electron chi connectivity index (χ0n) is 6.86. The van der Waals surface area contributed by atoms with Crippen molar-refractivity contribution in [2.75, 3.05) is 5.75 Å². The van der Waals surface area contributed by atoms with E-state index in [1.54, 1.807) is 0 Å². The van der Waals surface area contributed by atoms with Crippen LogP contribution in [0.3, 0.4) is 0 Å². The van der Waals surface area contributed by atoms with Gasteiger partial charge >= 0.3 is 5.24 Å².